The highest BCUT2D eigenvalue weighted by Gasteiger charge is 2.31. The molecule has 2 unspecified atom stereocenters. The molecule has 1 aromatic rings. The number of hydrogen-bond donors (Lipinski definition) is 2. The average Bonchev–Trinajstić information content (AvgIpc) is 2.65. The van der Waals surface area contributed by atoms with Crippen molar-refractivity contribution < 1.29 is 14.4 Å². The molecule has 1 aliphatic rings. The van der Waals surface area contributed by atoms with Crippen molar-refractivity contribution in [2.75, 3.05) is 13.1 Å². The van der Waals surface area contributed by atoms with E-state index < -0.39 is 11.9 Å². The number of nitrogens with one attached hydrogen (secondary N) is 1. The van der Waals surface area contributed by atoms with Crippen LogP contribution in [0.15, 0.2) is 28.7 Å². The quantitative estimate of drug-likeness (QED) is 0.734. The van der Waals surface area contributed by atoms with Gasteiger partial charge in [-0.05, 0) is 43.0 Å². The van der Waals surface area contributed by atoms with E-state index in [1.54, 1.807) is 17.0 Å². The van der Waals surface area contributed by atoms with Crippen LogP contribution in [0.1, 0.15) is 43.5 Å². The van der Waals surface area contributed by atoms with E-state index in [1.807, 2.05) is 26.0 Å². The van der Waals surface area contributed by atoms with Gasteiger partial charge in [0.1, 0.15) is 6.04 Å². The van der Waals surface area contributed by atoms with E-state index in [1.165, 1.54) is 0 Å². The SMILES string of the molecule is CCC(C)C(NC(=O)C1CCN(C(=O)c2ccc(Br)cc2)CC1)C(N)=O. The lowest BCUT2D eigenvalue weighted by Gasteiger charge is -2.32. The highest BCUT2D eigenvalue weighted by atomic mass is 79.9. The minimum Gasteiger partial charge on any atom is -0.368 e. The highest BCUT2D eigenvalue weighted by Crippen LogP contribution is 2.21. The Kier molecular flexibility index (Phi) is 7.20. The highest BCUT2D eigenvalue weighted by molar-refractivity contribution is 9.10. The predicted octanol–water partition coefficient (Wildman–Crippen LogP) is 2.32. The molecule has 1 saturated heterocycles. The topological polar surface area (TPSA) is 92.5 Å². The monoisotopic (exact) mass is 423 g/mol. The molecule has 1 fully saturated rings. The van der Waals surface area contributed by atoms with Crippen LogP contribution in [0.4, 0.5) is 0 Å². The van der Waals surface area contributed by atoms with Gasteiger partial charge in [-0.1, -0.05) is 36.2 Å². The number of halogens is 1. The normalized spacial score (nSPS) is 17.4. The summed E-state index contributed by atoms with van der Waals surface area (Å²) in [6, 6.07) is 6.61. The molecular formula is C19H26BrN3O3. The molecule has 26 heavy (non-hydrogen) atoms. The number of nitrogens with two attached hydrogens (primary N) is 1. The fraction of sp³-hybridized carbons (Fsp3) is 0.526. The molecule has 6 nitrogen and oxygen atoms in total. The van der Waals surface area contributed by atoms with E-state index in [9.17, 15) is 14.4 Å². The zero-order chi connectivity index (χ0) is 19.3. The molecule has 7 heteroatoms. The van der Waals surface area contributed by atoms with Crippen molar-refractivity contribution in [3.63, 3.8) is 0 Å². The Morgan fingerprint density at radius 3 is 2.31 bits per heavy atom. The van der Waals surface area contributed by atoms with Crippen LogP contribution in [-0.2, 0) is 9.59 Å². The Bertz CT molecular complexity index is 654. The van der Waals surface area contributed by atoms with Gasteiger partial charge >= 0.3 is 0 Å². The van der Waals surface area contributed by atoms with E-state index in [0.29, 0.717) is 31.5 Å². The second kappa shape index (κ2) is 9.16. The molecule has 2 atom stereocenters. The lowest BCUT2D eigenvalue weighted by atomic mass is 9.93. The number of rotatable bonds is 6. The van der Waals surface area contributed by atoms with Gasteiger partial charge in [0.05, 0.1) is 0 Å². The summed E-state index contributed by atoms with van der Waals surface area (Å²) < 4.78 is 0.926. The number of amides is 3. The van der Waals surface area contributed by atoms with Crippen LogP contribution >= 0.6 is 15.9 Å². The minimum atomic E-state index is -0.644. The van der Waals surface area contributed by atoms with E-state index in [-0.39, 0.29) is 23.7 Å². The molecule has 0 radical (unpaired) electrons. The summed E-state index contributed by atoms with van der Waals surface area (Å²) in [4.78, 5) is 38.4. The second-order valence-corrected chi connectivity index (χ2v) is 7.76. The van der Waals surface area contributed by atoms with E-state index in [0.717, 1.165) is 10.9 Å². The molecule has 0 aromatic heterocycles. The second-order valence-electron chi connectivity index (χ2n) is 6.85. The van der Waals surface area contributed by atoms with Crippen LogP contribution in [-0.4, -0.2) is 41.8 Å². The number of carbonyl (C=O) groups is 3. The van der Waals surface area contributed by atoms with E-state index in [4.69, 9.17) is 5.73 Å². The molecule has 0 aliphatic carbocycles. The third-order valence-corrected chi connectivity index (χ3v) is 5.59. The summed E-state index contributed by atoms with van der Waals surface area (Å²) in [6.45, 7) is 4.91. The number of piperidine rings is 1. The van der Waals surface area contributed by atoms with E-state index >= 15 is 0 Å². The maximum atomic E-state index is 12.5. The van der Waals surface area contributed by atoms with Crippen LogP contribution < -0.4 is 11.1 Å². The number of carbonyl (C=O) groups excluding carboxylic acids is 3. The number of primary amides is 1. The molecule has 1 aromatic carbocycles. The lowest BCUT2D eigenvalue weighted by Crippen LogP contribution is -2.51. The van der Waals surface area contributed by atoms with E-state index in [2.05, 4.69) is 21.2 Å². The van der Waals surface area contributed by atoms with Gasteiger partial charge in [-0.25, -0.2) is 0 Å². The van der Waals surface area contributed by atoms with Crippen molar-refractivity contribution in [1.29, 1.82) is 0 Å². The van der Waals surface area contributed by atoms with Crippen molar-refractivity contribution in [3.05, 3.63) is 34.3 Å². The average molecular weight is 424 g/mol. The molecule has 142 valence electrons. The first-order valence-corrected chi connectivity index (χ1v) is 9.77. The lowest BCUT2D eigenvalue weighted by molar-refractivity contribution is -0.131. The summed E-state index contributed by atoms with van der Waals surface area (Å²) in [5.74, 6) is -0.878. The molecule has 3 amide bonds. The first kappa shape index (κ1) is 20.4. The van der Waals surface area contributed by atoms with Crippen molar-refractivity contribution in [3.8, 4) is 0 Å². The number of benzene rings is 1. The standard InChI is InChI=1S/C19H26BrN3O3/c1-3-12(2)16(17(21)24)22-18(25)13-8-10-23(11-9-13)19(26)14-4-6-15(20)7-5-14/h4-7,12-13,16H,3,8-11H2,1-2H3,(H2,21,24)(H,22,25). The van der Waals surface area contributed by atoms with Crippen LogP contribution in [0, 0.1) is 11.8 Å². The summed E-state index contributed by atoms with van der Waals surface area (Å²) in [7, 11) is 0. The maximum Gasteiger partial charge on any atom is 0.253 e. The molecule has 1 aliphatic heterocycles. The van der Waals surface area contributed by atoms with Crippen LogP contribution in [0.3, 0.4) is 0 Å². The van der Waals surface area contributed by atoms with Gasteiger partial charge in [0.2, 0.25) is 11.8 Å². The van der Waals surface area contributed by atoms with Gasteiger partial charge < -0.3 is 16.0 Å². The summed E-state index contributed by atoms with van der Waals surface area (Å²) in [5, 5.41) is 2.80. The summed E-state index contributed by atoms with van der Waals surface area (Å²) in [5.41, 5.74) is 6.06. The number of likely N-dealkylation sites (tertiary alicyclic amines) is 1. The van der Waals surface area contributed by atoms with Crippen LogP contribution in [0.5, 0.6) is 0 Å². The zero-order valence-corrected chi connectivity index (χ0v) is 16.8. The van der Waals surface area contributed by atoms with Crippen molar-refractivity contribution in [1.82, 2.24) is 10.2 Å². The Labute approximate surface area is 162 Å². The van der Waals surface area contributed by atoms with Crippen molar-refractivity contribution >= 4 is 33.7 Å². The molecular weight excluding hydrogens is 398 g/mol. The van der Waals surface area contributed by atoms with Crippen molar-refractivity contribution in [2.24, 2.45) is 17.6 Å². The zero-order valence-electron chi connectivity index (χ0n) is 15.2. The van der Waals surface area contributed by atoms with Gasteiger partial charge in [0, 0.05) is 29.0 Å². The predicted molar refractivity (Wildman–Crippen MR) is 103 cm³/mol. The molecule has 3 N–H and O–H groups in total. The molecule has 0 saturated carbocycles. The first-order chi connectivity index (χ1) is 12.3. The van der Waals surface area contributed by atoms with Crippen LogP contribution in [0.2, 0.25) is 0 Å². The largest absolute Gasteiger partial charge is 0.368 e. The summed E-state index contributed by atoms with van der Waals surface area (Å²) in [6.07, 6.45) is 1.92. The minimum absolute atomic E-state index is 0.00415. The number of hydrogen-bond acceptors (Lipinski definition) is 3. The van der Waals surface area contributed by atoms with Gasteiger partial charge in [-0.2, -0.15) is 0 Å². The fourth-order valence-electron chi connectivity index (χ4n) is 3.12. The Morgan fingerprint density at radius 1 is 1.23 bits per heavy atom. The molecule has 0 bridgehead atoms. The maximum absolute atomic E-state index is 12.5. The number of nitrogens with zero attached hydrogens (tertiary/aromatic N) is 1. The van der Waals surface area contributed by atoms with Gasteiger partial charge in [0.25, 0.3) is 5.91 Å². The first-order valence-electron chi connectivity index (χ1n) is 8.98. The van der Waals surface area contributed by atoms with Crippen LogP contribution in [0.25, 0.3) is 0 Å². The van der Waals surface area contributed by atoms with Gasteiger partial charge in [0.15, 0.2) is 0 Å². The van der Waals surface area contributed by atoms with Gasteiger partial charge in [-0.3, -0.25) is 14.4 Å². The summed E-state index contributed by atoms with van der Waals surface area (Å²) >= 11 is 3.36. The Hall–Kier alpha value is -1.89. The third-order valence-electron chi connectivity index (χ3n) is 5.06. The third kappa shape index (κ3) is 5.06. The Morgan fingerprint density at radius 2 is 1.81 bits per heavy atom. The molecule has 2 rings (SSSR count). The smallest absolute Gasteiger partial charge is 0.253 e. The fourth-order valence-corrected chi connectivity index (χ4v) is 3.38. The molecule has 1 heterocycles. The van der Waals surface area contributed by atoms with Gasteiger partial charge in [-0.15, -0.1) is 0 Å². The van der Waals surface area contributed by atoms with Crippen molar-refractivity contribution in [2.45, 2.75) is 39.2 Å². The molecule has 0 spiro atoms. The Balaban J connectivity index is 1.90.